The van der Waals surface area contributed by atoms with Crippen molar-refractivity contribution in [2.75, 3.05) is 11.5 Å². The van der Waals surface area contributed by atoms with Crippen LogP contribution < -0.4 is 4.90 Å². The predicted octanol–water partition coefficient (Wildman–Crippen LogP) is 5.96. The molecule has 2 amide bonds. The van der Waals surface area contributed by atoms with Crippen molar-refractivity contribution in [3.8, 4) is 0 Å². The number of rotatable bonds is 6. The summed E-state index contributed by atoms with van der Waals surface area (Å²) in [6, 6.07) is 10.0. The predicted molar refractivity (Wildman–Crippen MR) is 127 cm³/mol. The molecule has 2 aliphatic rings. The number of amides is 2. The van der Waals surface area contributed by atoms with E-state index in [9.17, 15) is 27.6 Å². The van der Waals surface area contributed by atoms with Gasteiger partial charge in [-0.2, -0.15) is 13.2 Å². The number of hydrogen-bond acceptors (Lipinski definition) is 4. The van der Waals surface area contributed by atoms with Gasteiger partial charge in [-0.25, -0.2) is 9.59 Å². The van der Waals surface area contributed by atoms with Gasteiger partial charge in [0, 0.05) is 11.3 Å². The number of aryl methyl sites for hydroxylation is 1. The van der Waals surface area contributed by atoms with Crippen molar-refractivity contribution in [3.63, 3.8) is 0 Å². The maximum absolute atomic E-state index is 14.1. The molecule has 1 atom stereocenters. The topological polar surface area (TPSA) is 66.9 Å². The number of ether oxygens (including phenoxy) is 1. The van der Waals surface area contributed by atoms with E-state index >= 15 is 0 Å². The number of benzene rings is 2. The first kappa shape index (κ1) is 25.5. The first-order valence-corrected chi connectivity index (χ1v) is 11.7. The largest absolute Gasteiger partial charge is 0.464 e. The first-order valence-electron chi connectivity index (χ1n) is 11.7. The van der Waals surface area contributed by atoms with Gasteiger partial charge in [-0.3, -0.25) is 14.6 Å². The van der Waals surface area contributed by atoms with Crippen LogP contribution in [0, 0.1) is 6.92 Å². The maximum Gasteiger partial charge on any atom is 0.416 e. The Hall–Kier alpha value is -3.62. The second-order valence-electron chi connectivity index (χ2n) is 9.16. The summed E-state index contributed by atoms with van der Waals surface area (Å²) in [6.07, 6.45) is -3.98. The van der Waals surface area contributed by atoms with E-state index in [1.807, 2.05) is 19.1 Å². The van der Waals surface area contributed by atoms with Crippen molar-refractivity contribution in [2.45, 2.75) is 58.3 Å². The van der Waals surface area contributed by atoms with Gasteiger partial charge in [-0.15, -0.1) is 0 Å². The number of halogens is 3. The number of carbonyl (C=O) groups excluding carboxylic acids is 3. The number of nitrogens with zero attached hydrogens (tertiary/aromatic N) is 2. The molecule has 0 N–H and O–H groups in total. The number of urea groups is 1. The molecule has 4 rings (SSSR count). The van der Waals surface area contributed by atoms with Gasteiger partial charge in [-0.05, 0) is 64.3 Å². The van der Waals surface area contributed by atoms with Gasteiger partial charge in [-0.1, -0.05) is 35.9 Å². The van der Waals surface area contributed by atoms with Crippen molar-refractivity contribution >= 4 is 23.5 Å². The molecule has 36 heavy (non-hydrogen) atoms. The lowest BCUT2D eigenvalue weighted by atomic mass is 9.88. The summed E-state index contributed by atoms with van der Waals surface area (Å²) in [5.41, 5.74) is -0.252. The van der Waals surface area contributed by atoms with Crippen LogP contribution in [0.25, 0.3) is 0 Å². The highest BCUT2D eigenvalue weighted by atomic mass is 19.4. The SMILES string of the molecule is CCOC(=O)C1(N2C(=O)N(c3cccc(C(F)(F)F)c3)C(C)=C(C(C)=O)C2c2ccc(C)cc2)CC1. The molecular weight excluding hydrogens is 473 g/mol. The Morgan fingerprint density at radius 3 is 2.25 bits per heavy atom. The van der Waals surface area contributed by atoms with Crippen LogP contribution in [0.3, 0.4) is 0 Å². The molecule has 6 nitrogen and oxygen atoms in total. The molecule has 0 saturated heterocycles. The molecule has 1 fully saturated rings. The summed E-state index contributed by atoms with van der Waals surface area (Å²) in [4.78, 5) is 42.7. The number of esters is 1. The zero-order chi connectivity index (χ0) is 26.4. The van der Waals surface area contributed by atoms with E-state index in [1.165, 1.54) is 30.9 Å². The van der Waals surface area contributed by atoms with Crippen molar-refractivity contribution in [3.05, 3.63) is 76.5 Å². The molecule has 1 aliphatic heterocycles. The van der Waals surface area contributed by atoms with E-state index in [1.54, 1.807) is 19.1 Å². The molecule has 1 saturated carbocycles. The summed E-state index contributed by atoms with van der Waals surface area (Å²) in [5.74, 6) is -0.950. The van der Waals surface area contributed by atoms with Gasteiger partial charge in [0.1, 0.15) is 5.54 Å². The van der Waals surface area contributed by atoms with Gasteiger partial charge in [0.15, 0.2) is 5.78 Å². The van der Waals surface area contributed by atoms with E-state index in [2.05, 4.69) is 0 Å². The van der Waals surface area contributed by atoms with Crippen LogP contribution in [0.5, 0.6) is 0 Å². The normalized spacial score (nSPS) is 19.4. The Labute approximate surface area is 207 Å². The zero-order valence-corrected chi connectivity index (χ0v) is 20.5. The minimum Gasteiger partial charge on any atom is -0.464 e. The van der Waals surface area contributed by atoms with Crippen LogP contribution in [0.1, 0.15) is 56.3 Å². The second kappa shape index (κ2) is 9.11. The lowest BCUT2D eigenvalue weighted by Crippen LogP contribution is -2.58. The number of ketones is 1. The molecule has 2 aromatic rings. The van der Waals surface area contributed by atoms with Gasteiger partial charge in [0.25, 0.3) is 0 Å². The molecule has 0 bridgehead atoms. The van der Waals surface area contributed by atoms with Gasteiger partial charge in [0.05, 0.1) is 23.9 Å². The van der Waals surface area contributed by atoms with E-state index < -0.39 is 35.3 Å². The summed E-state index contributed by atoms with van der Waals surface area (Å²) in [7, 11) is 0. The Morgan fingerprint density at radius 1 is 1.08 bits per heavy atom. The second-order valence-corrected chi connectivity index (χ2v) is 9.16. The fourth-order valence-electron chi connectivity index (χ4n) is 4.80. The Bertz CT molecular complexity index is 1250. The molecule has 2 aromatic carbocycles. The number of anilines is 1. The third-order valence-electron chi connectivity index (χ3n) is 6.70. The third-order valence-corrected chi connectivity index (χ3v) is 6.70. The van der Waals surface area contributed by atoms with Crippen LogP contribution >= 0.6 is 0 Å². The summed E-state index contributed by atoms with van der Waals surface area (Å²) in [5, 5.41) is 0. The van der Waals surface area contributed by atoms with Crippen LogP contribution in [0.2, 0.25) is 0 Å². The van der Waals surface area contributed by atoms with Crippen molar-refractivity contribution in [1.82, 2.24) is 4.90 Å². The van der Waals surface area contributed by atoms with E-state index in [0.29, 0.717) is 18.4 Å². The highest BCUT2D eigenvalue weighted by molar-refractivity contribution is 6.07. The van der Waals surface area contributed by atoms with E-state index in [-0.39, 0.29) is 29.3 Å². The lowest BCUT2D eigenvalue weighted by Gasteiger charge is -2.46. The average molecular weight is 501 g/mol. The number of carbonyl (C=O) groups is 3. The van der Waals surface area contributed by atoms with Crippen molar-refractivity contribution in [1.29, 1.82) is 0 Å². The zero-order valence-electron chi connectivity index (χ0n) is 20.5. The van der Waals surface area contributed by atoms with Crippen molar-refractivity contribution < 1.29 is 32.3 Å². The fraction of sp³-hybridized carbons (Fsp3) is 0.370. The monoisotopic (exact) mass is 500 g/mol. The summed E-state index contributed by atoms with van der Waals surface area (Å²) in [6.45, 7) is 6.55. The van der Waals surface area contributed by atoms with Crippen molar-refractivity contribution in [2.24, 2.45) is 0 Å². The standard InChI is InChI=1S/C27H27F3N2O4/c1-5-36-24(34)26(13-14-26)32-23(19-11-9-16(2)10-12-19)22(18(4)33)17(3)31(25(32)35)21-8-6-7-20(15-21)27(28,29)30/h6-12,15,23H,5,13-14H2,1-4H3. The van der Waals surface area contributed by atoms with Crippen LogP contribution in [-0.4, -0.2) is 34.8 Å². The molecule has 0 radical (unpaired) electrons. The molecule has 190 valence electrons. The Kier molecular flexibility index (Phi) is 6.45. The molecular formula is C27H27F3N2O4. The maximum atomic E-state index is 14.1. The van der Waals surface area contributed by atoms with Crippen LogP contribution in [0.15, 0.2) is 59.8 Å². The number of hydrogen-bond donors (Lipinski definition) is 0. The Morgan fingerprint density at radius 2 is 1.72 bits per heavy atom. The highest BCUT2D eigenvalue weighted by Crippen LogP contribution is 2.52. The summed E-state index contributed by atoms with van der Waals surface area (Å²) >= 11 is 0. The third kappa shape index (κ3) is 4.27. The number of alkyl halides is 3. The lowest BCUT2D eigenvalue weighted by molar-refractivity contribution is -0.151. The first-order chi connectivity index (χ1) is 16.9. The molecule has 1 heterocycles. The van der Waals surface area contributed by atoms with Gasteiger partial charge < -0.3 is 4.74 Å². The minimum atomic E-state index is -4.62. The fourth-order valence-corrected chi connectivity index (χ4v) is 4.80. The van der Waals surface area contributed by atoms with Crippen LogP contribution in [0.4, 0.5) is 23.7 Å². The highest BCUT2D eigenvalue weighted by Gasteiger charge is 2.63. The van der Waals surface area contributed by atoms with E-state index in [0.717, 1.165) is 22.6 Å². The molecule has 9 heteroatoms. The quantitative estimate of drug-likeness (QED) is 0.460. The van der Waals surface area contributed by atoms with Crippen LogP contribution in [-0.2, 0) is 20.5 Å². The van der Waals surface area contributed by atoms with Gasteiger partial charge in [0.2, 0.25) is 0 Å². The molecule has 0 spiro atoms. The van der Waals surface area contributed by atoms with Gasteiger partial charge >= 0.3 is 18.2 Å². The number of allylic oxidation sites excluding steroid dienone is 1. The molecule has 0 aromatic heterocycles. The minimum absolute atomic E-state index is 0.0434. The summed E-state index contributed by atoms with van der Waals surface area (Å²) < 4.78 is 45.7. The smallest absolute Gasteiger partial charge is 0.416 e. The van der Waals surface area contributed by atoms with E-state index in [4.69, 9.17) is 4.74 Å². The Balaban J connectivity index is 1.97. The molecule has 1 unspecified atom stereocenters. The average Bonchev–Trinajstić information content (AvgIpc) is 3.60. The molecule has 1 aliphatic carbocycles. The number of Topliss-reactive ketones (excluding diaryl/α,β-unsaturated/α-hetero) is 1.